The summed E-state index contributed by atoms with van der Waals surface area (Å²) in [6.45, 7) is 2.70. The summed E-state index contributed by atoms with van der Waals surface area (Å²) in [4.78, 5) is 24.0. The molecule has 0 amide bonds. The Bertz CT molecular complexity index is 389. The smallest absolute Gasteiger partial charge is 0.310 e. The fourth-order valence-corrected chi connectivity index (χ4v) is 3.18. The average Bonchev–Trinajstić information content (AvgIpc) is 2.62. The number of rotatable bonds is 12. The highest BCUT2D eigenvalue weighted by atomic mass is 16.5. The zero-order valence-corrected chi connectivity index (χ0v) is 15.4. The molecule has 24 heavy (non-hydrogen) atoms. The van der Waals surface area contributed by atoms with E-state index in [0.29, 0.717) is 19.4 Å². The van der Waals surface area contributed by atoms with Crippen molar-refractivity contribution in [2.75, 3.05) is 13.7 Å². The van der Waals surface area contributed by atoms with E-state index in [1.807, 2.05) is 12.2 Å². The number of ether oxygens (including phenoxy) is 2. The van der Waals surface area contributed by atoms with Gasteiger partial charge in [-0.3, -0.25) is 9.59 Å². The summed E-state index contributed by atoms with van der Waals surface area (Å²) in [6, 6.07) is 0. The Morgan fingerprint density at radius 2 is 1.33 bits per heavy atom. The van der Waals surface area contributed by atoms with Crippen molar-refractivity contribution in [3.63, 3.8) is 0 Å². The molecule has 0 aromatic rings. The maximum Gasteiger partial charge on any atom is 0.310 e. The van der Waals surface area contributed by atoms with Crippen molar-refractivity contribution in [3.05, 3.63) is 12.2 Å². The van der Waals surface area contributed by atoms with E-state index in [2.05, 4.69) is 6.92 Å². The van der Waals surface area contributed by atoms with Gasteiger partial charge in [0.15, 0.2) is 0 Å². The first-order valence-electron chi connectivity index (χ1n) is 9.60. The van der Waals surface area contributed by atoms with Crippen molar-refractivity contribution in [1.29, 1.82) is 0 Å². The molecule has 1 aliphatic rings. The second kappa shape index (κ2) is 13.0. The van der Waals surface area contributed by atoms with E-state index in [0.717, 1.165) is 12.8 Å². The van der Waals surface area contributed by atoms with Gasteiger partial charge in [0, 0.05) is 0 Å². The molecule has 0 saturated carbocycles. The number of unbranched alkanes of at least 4 members (excludes halogenated alkanes) is 8. The topological polar surface area (TPSA) is 52.6 Å². The van der Waals surface area contributed by atoms with Crippen molar-refractivity contribution >= 4 is 11.9 Å². The van der Waals surface area contributed by atoms with Gasteiger partial charge in [0.2, 0.25) is 0 Å². The monoisotopic (exact) mass is 338 g/mol. The van der Waals surface area contributed by atoms with E-state index in [9.17, 15) is 9.59 Å². The van der Waals surface area contributed by atoms with Crippen molar-refractivity contribution in [2.45, 2.75) is 77.6 Å². The lowest BCUT2D eigenvalue weighted by molar-refractivity contribution is -0.159. The number of hydrogen-bond acceptors (Lipinski definition) is 4. The van der Waals surface area contributed by atoms with Crippen LogP contribution in [-0.2, 0) is 19.1 Å². The minimum absolute atomic E-state index is 0.255. The van der Waals surface area contributed by atoms with Crippen molar-refractivity contribution in [1.82, 2.24) is 0 Å². The van der Waals surface area contributed by atoms with Crippen LogP contribution in [-0.4, -0.2) is 25.7 Å². The molecule has 0 heterocycles. The summed E-state index contributed by atoms with van der Waals surface area (Å²) in [5.74, 6) is -1.35. The molecule has 0 saturated heterocycles. The van der Waals surface area contributed by atoms with Gasteiger partial charge in [-0.25, -0.2) is 0 Å². The number of esters is 2. The molecule has 0 aromatic carbocycles. The minimum atomic E-state index is -0.393. The number of allylic oxidation sites excluding steroid dienone is 2. The van der Waals surface area contributed by atoms with Gasteiger partial charge in [0.1, 0.15) is 0 Å². The van der Waals surface area contributed by atoms with Crippen molar-refractivity contribution in [3.8, 4) is 0 Å². The number of methoxy groups -OCH3 is 1. The molecule has 4 heteroatoms. The fraction of sp³-hybridized carbons (Fsp3) is 0.800. The van der Waals surface area contributed by atoms with Crippen LogP contribution in [0.3, 0.4) is 0 Å². The van der Waals surface area contributed by atoms with Gasteiger partial charge >= 0.3 is 11.9 Å². The van der Waals surface area contributed by atoms with E-state index in [4.69, 9.17) is 9.47 Å². The van der Waals surface area contributed by atoms with E-state index < -0.39 is 5.92 Å². The summed E-state index contributed by atoms with van der Waals surface area (Å²) >= 11 is 0. The zero-order chi connectivity index (χ0) is 17.6. The van der Waals surface area contributed by atoms with E-state index in [1.165, 1.54) is 52.1 Å². The lowest BCUT2D eigenvalue weighted by Gasteiger charge is -2.24. The van der Waals surface area contributed by atoms with Crippen LogP contribution in [0.25, 0.3) is 0 Å². The number of carbonyl (C=O) groups is 2. The van der Waals surface area contributed by atoms with Crippen LogP contribution < -0.4 is 0 Å². The summed E-state index contributed by atoms with van der Waals surface area (Å²) in [5, 5.41) is 0. The maximum atomic E-state index is 12.2. The largest absolute Gasteiger partial charge is 0.469 e. The van der Waals surface area contributed by atoms with Gasteiger partial charge in [0.25, 0.3) is 0 Å². The second-order valence-electron chi connectivity index (χ2n) is 6.67. The first kappa shape index (κ1) is 20.7. The predicted octanol–water partition coefficient (Wildman–Crippen LogP) is 4.82. The van der Waals surface area contributed by atoms with Gasteiger partial charge < -0.3 is 9.47 Å². The molecule has 1 rings (SSSR count). The highest BCUT2D eigenvalue weighted by Crippen LogP contribution is 2.28. The van der Waals surface area contributed by atoms with Crippen LogP contribution in [0.2, 0.25) is 0 Å². The molecule has 0 fully saturated rings. The van der Waals surface area contributed by atoms with Crippen molar-refractivity contribution < 1.29 is 19.1 Å². The standard InChI is InChI=1S/C20H34O4/c1-3-4-5-6-7-8-9-10-13-16-24-20(22)18-15-12-11-14-17(18)19(21)23-2/h11-12,17-18H,3-10,13-16H2,1-2H3. The molecule has 0 aliphatic heterocycles. The third-order valence-electron chi connectivity index (χ3n) is 4.73. The molecule has 0 radical (unpaired) electrons. The number of carbonyl (C=O) groups excluding carboxylic acids is 2. The minimum Gasteiger partial charge on any atom is -0.469 e. The summed E-state index contributed by atoms with van der Waals surface area (Å²) in [5.41, 5.74) is 0. The SMILES string of the molecule is CCCCCCCCCCCOC(=O)C1CC=CCC1C(=O)OC. The highest BCUT2D eigenvalue weighted by molar-refractivity contribution is 5.82. The Balaban J connectivity index is 2.10. The van der Waals surface area contributed by atoms with Crippen LogP contribution in [0.5, 0.6) is 0 Å². The van der Waals surface area contributed by atoms with Gasteiger partial charge in [-0.2, -0.15) is 0 Å². The molecular weight excluding hydrogens is 304 g/mol. The Kier molecular flexibility index (Phi) is 11.2. The predicted molar refractivity (Wildman–Crippen MR) is 95.6 cm³/mol. The Morgan fingerprint density at radius 1 is 0.833 bits per heavy atom. The first-order valence-corrected chi connectivity index (χ1v) is 9.60. The number of hydrogen-bond donors (Lipinski definition) is 0. The Labute approximate surface area is 147 Å². The molecule has 4 nitrogen and oxygen atoms in total. The summed E-state index contributed by atoms with van der Waals surface area (Å²) < 4.78 is 10.2. The molecule has 0 aromatic heterocycles. The van der Waals surface area contributed by atoms with Crippen LogP contribution in [0.1, 0.15) is 77.6 Å². The van der Waals surface area contributed by atoms with Gasteiger partial charge in [-0.15, -0.1) is 0 Å². The molecule has 0 N–H and O–H groups in total. The summed E-state index contributed by atoms with van der Waals surface area (Å²) in [7, 11) is 1.37. The van der Waals surface area contributed by atoms with Gasteiger partial charge in [-0.05, 0) is 19.3 Å². The van der Waals surface area contributed by atoms with Gasteiger partial charge in [0.05, 0.1) is 25.6 Å². The normalized spacial score (nSPS) is 19.9. The lowest BCUT2D eigenvalue weighted by atomic mass is 9.83. The van der Waals surface area contributed by atoms with Crippen LogP contribution in [0.15, 0.2) is 12.2 Å². The molecular formula is C20H34O4. The van der Waals surface area contributed by atoms with Gasteiger partial charge in [-0.1, -0.05) is 70.4 Å². The Morgan fingerprint density at radius 3 is 1.88 bits per heavy atom. The first-order chi connectivity index (χ1) is 11.7. The van der Waals surface area contributed by atoms with E-state index in [-0.39, 0.29) is 17.9 Å². The third-order valence-corrected chi connectivity index (χ3v) is 4.73. The van der Waals surface area contributed by atoms with Crippen LogP contribution in [0, 0.1) is 11.8 Å². The van der Waals surface area contributed by atoms with E-state index >= 15 is 0 Å². The molecule has 2 unspecified atom stereocenters. The molecule has 0 bridgehead atoms. The fourth-order valence-electron chi connectivity index (χ4n) is 3.18. The maximum absolute atomic E-state index is 12.2. The quantitative estimate of drug-likeness (QED) is 0.291. The molecule has 138 valence electrons. The molecule has 2 atom stereocenters. The van der Waals surface area contributed by atoms with Crippen LogP contribution in [0.4, 0.5) is 0 Å². The average molecular weight is 338 g/mol. The Hall–Kier alpha value is -1.32. The summed E-state index contributed by atoms with van der Waals surface area (Å²) in [6.07, 6.45) is 16.1. The highest BCUT2D eigenvalue weighted by Gasteiger charge is 2.35. The molecule has 1 aliphatic carbocycles. The molecule has 0 spiro atoms. The second-order valence-corrected chi connectivity index (χ2v) is 6.67. The zero-order valence-electron chi connectivity index (χ0n) is 15.4. The van der Waals surface area contributed by atoms with Crippen LogP contribution >= 0.6 is 0 Å². The van der Waals surface area contributed by atoms with Crippen molar-refractivity contribution in [2.24, 2.45) is 11.8 Å². The third kappa shape index (κ3) is 7.98. The van der Waals surface area contributed by atoms with E-state index in [1.54, 1.807) is 0 Å². The lowest BCUT2D eigenvalue weighted by Crippen LogP contribution is -2.33.